The van der Waals surface area contributed by atoms with Crippen LogP contribution in [-0.4, -0.2) is 39.9 Å². The van der Waals surface area contributed by atoms with Crippen LogP contribution in [0.4, 0.5) is 0 Å². The van der Waals surface area contributed by atoms with Crippen LogP contribution in [0.1, 0.15) is 11.6 Å². The van der Waals surface area contributed by atoms with Gasteiger partial charge in [0.25, 0.3) is 10.0 Å². The largest absolute Gasteiger partial charge is 0.396 e. The van der Waals surface area contributed by atoms with Gasteiger partial charge in [0.05, 0.1) is 29.0 Å². The molecular weight excluding hydrogens is 436 g/mol. The van der Waals surface area contributed by atoms with Gasteiger partial charge in [-0.3, -0.25) is 0 Å². The Kier molecular flexibility index (Phi) is 5.54. The maximum Gasteiger partial charge on any atom is 0.268 e. The maximum atomic E-state index is 13.7. The molecule has 5 aromatic rings. The lowest BCUT2D eigenvalue weighted by atomic mass is 9.99. The van der Waals surface area contributed by atoms with E-state index in [9.17, 15) is 18.6 Å². The topological polar surface area (TPSA) is 84.5 Å². The van der Waals surface area contributed by atoms with E-state index >= 15 is 0 Å². The fourth-order valence-corrected chi connectivity index (χ4v) is 6.02. The number of aliphatic hydroxyl groups excluding tert-OH is 2. The van der Waals surface area contributed by atoms with E-state index in [1.54, 1.807) is 48.5 Å². The summed E-state index contributed by atoms with van der Waals surface area (Å²) >= 11 is 0. The molecule has 2 aromatic heterocycles. The Balaban J connectivity index is 1.61. The van der Waals surface area contributed by atoms with Gasteiger partial charge >= 0.3 is 0 Å². The van der Waals surface area contributed by atoms with Crippen LogP contribution in [0.2, 0.25) is 0 Å². The fraction of sp³-hybridized carbons (Fsp3) is 0.154. The average Bonchev–Trinajstić information content (AvgIpc) is 3.42. The minimum absolute atomic E-state index is 0.148. The molecule has 0 aliphatic rings. The van der Waals surface area contributed by atoms with Crippen LogP contribution in [0.15, 0.2) is 102 Å². The Hall–Kier alpha value is -3.39. The van der Waals surface area contributed by atoms with Crippen molar-refractivity contribution in [3.63, 3.8) is 0 Å². The first-order valence-corrected chi connectivity index (χ1v) is 12.2. The van der Waals surface area contributed by atoms with E-state index in [1.807, 2.05) is 53.2 Å². The van der Waals surface area contributed by atoms with Gasteiger partial charge in [-0.25, -0.2) is 12.4 Å². The van der Waals surface area contributed by atoms with E-state index in [-0.39, 0.29) is 11.4 Å². The molecule has 0 radical (unpaired) electrons. The van der Waals surface area contributed by atoms with Gasteiger partial charge in [0, 0.05) is 29.3 Å². The highest BCUT2D eigenvalue weighted by Gasteiger charge is 2.31. The van der Waals surface area contributed by atoms with Crippen LogP contribution in [0, 0.1) is 0 Å². The molecule has 0 fully saturated rings. The molecule has 6 nitrogen and oxygen atoms in total. The molecule has 0 spiro atoms. The summed E-state index contributed by atoms with van der Waals surface area (Å²) in [4.78, 5) is 0.148. The van der Waals surface area contributed by atoms with E-state index in [0.717, 1.165) is 16.3 Å². The molecule has 0 aliphatic carbocycles. The quantitative estimate of drug-likeness (QED) is 0.385. The van der Waals surface area contributed by atoms with E-state index in [1.165, 1.54) is 3.97 Å². The molecule has 2 atom stereocenters. The van der Waals surface area contributed by atoms with E-state index in [0.29, 0.717) is 11.2 Å². The van der Waals surface area contributed by atoms with Gasteiger partial charge in [0.2, 0.25) is 0 Å². The van der Waals surface area contributed by atoms with Crippen LogP contribution in [0.5, 0.6) is 0 Å². The molecule has 0 amide bonds. The van der Waals surface area contributed by atoms with E-state index in [4.69, 9.17) is 0 Å². The lowest BCUT2D eigenvalue weighted by Crippen LogP contribution is -2.30. The summed E-state index contributed by atoms with van der Waals surface area (Å²) in [5.41, 5.74) is 1.82. The van der Waals surface area contributed by atoms with Crippen LogP contribution in [-0.2, 0) is 16.6 Å². The Morgan fingerprint density at radius 2 is 1.42 bits per heavy atom. The average molecular weight is 461 g/mol. The molecule has 2 N–H and O–H groups in total. The van der Waals surface area contributed by atoms with Gasteiger partial charge in [-0.05, 0) is 41.8 Å². The van der Waals surface area contributed by atoms with Crippen LogP contribution < -0.4 is 0 Å². The van der Waals surface area contributed by atoms with Crippen molar-refractivity contribution in [3.05, 3.63) is 103 Å². The maximum absolute atomic E-state index is 13.7. The number of nitrogens with zero attached hydrogens (tertiary/aromatic N) is 2. The summed E-state index contributed by atoms with van der Waals surface area (Å²) in [5, 5.41) is 23.3. The minimum atomic E-state index is -3.95. The fourth-order valence-electron chi connectivity index (χ4n) is 4.42. The first-order chi connectivity index (χ1) is 16.0. The van der Waals surface area contributed by atoms with Crippen molar-refractivity contribution >= 4 is 31.8 Å². The Bertz CT molecular complexity index is 1520. The van der Waals surface area contributed by atoms with E-state index in [2.05, 4.69) is 0 Å². The van der Waals surface area contributed by atoms with Gasteiger partial charge in [-0.1, -0.05) is 54.6 Å². The van der Waals surface area contributed by atoms with Gasteiger partial charge in [-0.15, -0.1) is 0 Å². The zero-order chi connectivity index (χ0) is 23.0. The third-order valence-corrected chi connectivity index (χ3v) is 7.84. The third-order valence-electron chi connectivity index (χ3n) is 6.08. The van der Waals surface area contributed by atoms with Gasteiger partial charge < -0.3 is 14.8 Å². The van der Waals surface area contributed by atoms with Gasteiger partial charge in [0.1, 0.15) is 0 Å². The van der Waals surface area contributed by atoms with Gasteiger partial charge in [-0.2, -0.15) is 0 Å². The molecular formula is C26H24N2O4S. The second-order valence-electron chi connectivity index (χ2n) is 8.09. The molecule has 168 valence electrons. The number of hydrogen-bond donors (Lipinski definition) is 2. The summed E-state index contributed by atoms with van der Waals surface area (Å²) in [7, 11) is -3.95. The molecule has 33 heavy (non-hydrogen) atoms. The lowest BCUT2D eigenvalue weighted by Gasteiger charge is -2.24. The summed E-state index contributed by atoms with van der Waals surface area (Å²) < 4.78 is 30.5. The second kappa shape index (κ2) is 8.51. The molecule has 0 saturated heterocycles. The number of aromatic nitrogens is 2. The Morgan fingerprint density at radius 3 is 2.15 bits per heavy atom. The van der Waals surface area contributed by atoms with Crippen molar-refractivity contribution in [1.82, 2.24) is 8.54 Å². The second-order valence-corrected chi connectivity index (χ2v) is 9.88. The number of aliphatic hydroxyl groups is 2. The van der Waals surface area contributed by atoms with Gasteiger partial charge in [0.15, 0.2) is 0 Å². The summed E-state index contributed by atoms with van der Waals surface area (Å²) in [6.07, 6.45) is 0.873. The summed E-state index contributed by atoms with van der Waals surface area (Å²) in [5.74, 6) is -0.808. The normalized spacial score (nSPS) is 14.0. The Labute approximate surface area is 192 Å². The lowest BCUT2D eigenvalue weighted by molar-refractivity contribution is 0.0908. The summed E-state index contributed by atoms with van der Waals surface area (Å²) in [6, 6.07) is 26.9. The number of rotatable bonds is 7. The Morgan fingerprint density at radius 1 is 0.788 bits per heavy atom. The molecule has 0 aliphatic heterocycles. The predicted molar refractivity (Wildman–Crippen MR) is 129 cm³/mol. The van der Waals surface area contributed by atoms with E-state index < -0.39 is 28.7 Å². The zero-order valence-corrected chi connectivity index (χ0v) is 18.6. The molecule has 2 heterocycles. The summed E-state index contributed by atoms with van der Waals surface area (Å²) in [6.45, 7) is -0.188. The first-order valence-electron chi connectivity index (χ1n) is 10.7. The first kappa shape index (κ1) is 21.5. The highest BCUT2D eigenvalue weighted by molar-refractivity contribution is 7.90. The molecule has 5 rings (SSSR count). The molecule has 3 aromatic carbocycles. The van der Waals surface area contributed by atoms with Crippen molar-refractivity contribution in [2.75, 3.05) is 6.61 Å². The number of fused-ring (bicyclic) bond motifs is 2. The van der Waals surface area contributed by atoms with Crippen LogP contribution in [0.25, 0.3) is 21.8 Å². The minimum Gasteiger partial charge on any atom is -0.396 e. The third kappa shape index (κ3) is 3.74. The zero-order valence-electron chi connectivity index (χ0n) is 17.8. The predicted octanol–water partition coefficient (Wildman–Crippen LogP) is 3.97. The SMILES string of the molecule is O=S(=O)(c1ccccc1)n1c(C(CO)C(O)Cn2ccc3ccccc32)cc2ccccc21. The van der Waals surface area contributed by atoms with Crippen molar-refractivity contribution in [1.29, 1.82) is 0 Å². The molecule has 0 bridgehead atoms. The van der Waals surface area contributed by atoms with Crippen LogP contribution in [0.3, 0.4) is 0 Å². The highest BCUT2D eigenvalue weighted by atomic mass is 32.2. The smallest absolute Gasteiger partial charge is 0.268 e. The monoisotopic (exact) mass is 460 g/mol. The van der Waals surface area contributed by atoms with Crippen LogP contribution >= 0.6 is 0 Å². The molecule has 7 heteroatoms. The molecule has 0 saturated carbocycles. The van der Waals surface area contributed by atoms with Crippen molar-refractivity contribution in [2.24, 2.45) is 0 Å². The number of para-hydroxylation sites is 2. The molecule has 2 unspecified atom stereocenters. The number of benzene rings is 3. The highest BCUT2D eigenvalue weighted by Crippen LogP contribution is 2.32. The standard InChI is InChI=1S/C26H24N2O4S/c29-18-22(26(30)17-27-15-14-19-8-4-6-12-23(19)27)25-16-20-9-5-7-13-24(20)28(25)33(31,32)21-10-2-1-3-11-21/h1-16,22,26,29-30H,17-18H2. The van der Waals surface area contributed by atoms with Crippen molar-refractivity contribution in [2.45, 2.75) is 23.5 Å². The van der Waals surface area contributed by atoms with Crippen molar-refractivity contribution < 1.29 is 18.6 Å². The number of hydrogen-bond acceptors (Lipinski definition) is 4. The van der Waals surface area contributed by atoms with Crippen molar-refractivity contribution in [3.8, 4) is 0 Å².